The number of aryl methyl sites for hydroxylation is 1. The molecule has 2 atom stereocenters. The molecular formula is C18H27NOS. The van der Waals surface area contributed by atoms with Gasteiger partial charge in [-0.25, -0.2) is 0 Å². The SMILES string of the molecule is NC(CCc1ccccc1)C1CCOC2(CCSCC2)C1. The van der Waals surface area contributed by atoms with Crippen LogP contribution in [0.25, 0.3) is 0 Å². The van der Waals surface area contributed by atoms with Gasteiger partial charge in [0.1, 0.15) is 0 Å². The molecule has 2 fully saturated rings. The Morgan fingerprint density at radius 3 is 2.76 bits per heavy atom. The molecule has 0 radical (unpaired) electrons. The van der Waals surface area contributed by atoms with Crippen molar-refractivity contribution in [3.05, 3.63) is 35.9 Å². The molecule has 0 aromatic heterocycles. The van der Waals surface area contributed by atoms with Crippen molar-refractivity contribution in [1.29, 1.82) is 0 Å². The molecule has 2 unspecified atom stereocenters. The summed E-state index contributed by atoms with van der Waals surface area (Å²) in [6, 6.07) is 11.0. The lowest BCUT2D eigenvalue weighted by Crippen LogP contribution is -2.47. The molecule has 116 valence electrons. The highest BCUT2D eigenvalue weighted by atomic mass is 32.2. The maximum absolute atomic E-state index is 6.53. The lowest BCUT2D eigenvalue weighted by Gasteiger charge is -2.44. The highest BCUT2D eigenvalue weighted by Gasteiger charge is 2.40. The topological polar surface area (TPSA) is 35.2 Å². The summed E-state index contributed by atoms with van der Waals surface area (Å²) in [5, 5.41) is 0. The molecule has 1 aromatic carbocycles. The lowest BCUT2D eigenvalue weighted by atomic mass is 9.77. The van der Waals surface area contributed by atoms with Crippen molar-refractivity contribution < 1.29 is 4.74 Å². The van der Waals surface area contributed by atoms with Crippen molar-refractivity contribution >= 4 is 11.8 Å². The second-order valence-corrected chi connectivity index (χ2v) is 7.81. The van der Waals surface area contributed by atoms with Gasteiger partial charge >= 0.3 is 0 Å². The van der Waals surface area contributed by atoms with Gasteiger partial charge in [-0.2, -0.15) is 11.8 Å². The molecule has 2 N–H and O–H groups in total. The zero-order valence-corrected chi connectivity index (χ0v) is 13.6. The van der Waals surface area contributed by atoms with Crippen LogP contribution >= 0.6 is 11.8 Å². The van der Waals surface area contributed by atoms with Crippen molar-refractivity contribution in [3.8, 4) is 0 Å². The number of hydrogen-bond acceptors (Lipinski definition) is 3. The van der Waals surface area contributed by atoms with E-state index in [4.69, 9.17) is 10.5 Å². The second-order valence-electron chi connectivity index (χ2n) is 6.58. The van der Waals surface area contributed by atoms with E-state index in [0.717, 1.165) is 25.9 Å². The van der Waals surface area contributed by atoms with E-state index in [-0.39, 0.29) is 5.60 Å². The Morgan fingerprint density at radius 1 is 1.24 bits per heavy atom. The van der Waals surface area contributed by atoms with Gasteiger partial charge in [0, 0.05) is 12.6 Å². The first kappa shape index (κ1) is 15.4. The third-order valence-electron chi connectivity index (χ3n) is 5.15. The van der Waals surface area contributed by atoms with E-state index in [1.54, 1.807) is 0 Å². The number of ether oxygens (including phenoxy) is 1. The minimum Gasteiger partial charge on any atom is -0.375 e. The predicted molar refractivity (Wildman–Crippen MR) is 90.7 cm³/mol. The van der Waals surface area contributed by atoms with Gasteiger partial charge in [-0.05, 0) is 61.5 Å². The summed E-state index contributed by atoms with van der Waals surface area (Å²) in [7, 11) is 0. The standard InChI is InChI=1S/C18H27NOS/c19-17(7-6-15-4-2-1-3-5-15)16-8-11-20-18(14-16)9-12-21-13-10-18/h1-5,16-17H,6-14,19H2. The summed E-state index contributed by atoms with van der Waals surface area (Å²) in [4.78, 5) is 0. The van der Waals surface area contributed by atoms with Crippen molar-refractivity contribution in [2.24, 2.45) is 11.7 Å². The van der Waals surface area contributed by atoms with E-state index >= 15 is 0 Å². The number of rotatable bonds is 4. The summed E-state index contributed by atoms with van der Waals surface area (Å²) < 4.78 is 6.18. The van der Waals surface area contributed by atoms with Crippen LogP contribution < -0.4 is 5.73 Å². The minimum atomic E-state index is 0.165. The zero-order valence-electron chi connectivity index (χ0n) is 12.8. The Hall–Kier alpha value is -0.510. The van der Waals surface area contributed by atoms with Gasteiger partial charge in [0.25, 0.3) is 0 Å². The van der Waals surface area contributed by atoms with Crippen LogP contribution in [0.4, 0.5) is 0 Å². The number of benzene rings is 1. The van der Waals surface area contributed by atoms with E-state index in [1.165, 1.54) is 36.3 Å². The fourth-order valence-corrected chi connectivity index (χ4v) is 4.97. The van der Waals surface area contributed by atoms with Crippen LogP contribution in [0.5, 0.6) is 0 Å². The molecule has 2 nitrogen and oxygen atoms in total. The van der Waals surface area contributed by atoms with Gasteiger partial charge in [0.2, 0.25) is 0 Å². The monoisotopic (exact) mass is 305 g/mol. The Morgan fingerprint density at radius 2 is 2.00 bits per heavy atom. The molecule has 0 aliphatic carbocycles. The molecule has 1 aromatic rings. The molecule has 1 spiro atoms. The molecule has 0 saturated carbocycles. The van der Waals surface area contributed by atoms with Crippen LogP contribution in [0.15, 0.2) is 30.3 Å². The largest absolute Gasteiger partial charge is 0.375 e. The van der Waals surface area contributed by atoms with Gasteiger partial charge in [0.15, 0.2) is 0 Å². The van der Waals surface area contributed by atoms with Crippen molar-refractivity contribution in [2.75, 3.05) is 18.1 Å². The Kier molecular flexibility index (Phi) is 5.25. The first-order valence-electron chi connectivity index (χ1n) is 8.29. The molecule has 2 heterocycles. The Labute approximate surface area is 132 Å². The van der Waals surface area contributed by atoms with Crippen LogP contribution in [0.2, 0.25) is 0 Å². The number of nitrogens with two attached hydrogens (primary N) is 1. The first-order valence-corrected chi connectivity index (χ1v) is 9.44. The summed E-state index contributed by atoms with van der Waals surface area (Å²) in [6.07, 6.45) is 6.97. The molecule has 2 aliphatic rings. The third-order valence-corrected chi connectivity index (χ3v) is 6.14. The summed E-state index contributed by atoms with van der Waals surface area (Å²) in [5.74, 6) is 3.16. The summed E-state index contributed by atoms with van der Waals surface area (Å²) >= 11 is 2.07. The van der Waals surface area contributed by atoms with Crippen LogP contribution in [0.1, 0.15) is 37.7 Å². The highest BCUT2D eigenvalue weighted by molar-refractivity contribution is 7.99. The Bertz CT molecular complexity index is 425. The minimum absolute atomic E-state index is 0.165. The highest BCUT2D eigenvalue weighted by Crippen LogP contribution is 2.40. The van der Waals surface area contributed by atoms with E-state index in [9.17, 15) is 0 Å². The normalized spacial score (nSPS) is 26.6. The summed E-state index contributed by atoms with van der Waals surface area (Å²) in [5.41, 5.74) is 8.10. The van der Waals surface area contributed by atoms with Gasteiger partial charge in [-0.1, -0.05) is 30.3 Å². The van der Waals surface area contributed by atoms with Crippen LogP contribution in [-0.2, 0) is 11.2 Å². The number of hydrogen-bond donors (Lipinski definition) is 1. The van der Waals surface area contributed by atoms with Crippen molar-refractivity contribution in [3.63, 3.8) is 0 Å². The Balaban J connectivity index is 1.53. The molecule has 3 heteroatoms. The fourth-order valence-electron chi connectivity index (χ4n) is 3.74. The smallest absolute Gasteiger partial charge is 0.0701 e. The zero-order chi connectivity index (χ0) is 14.5. The van der Waals surface area contributed by atoms with Gasteiger partial charge in [-0.3, -0.25) is 0 Å². The predicted octanol–water partition coefficient (Wildman–Crippen LogP) is 3.64. The second kappa shape index (κ2) is 7.17. The molecule has 3 rings (SSSR count). The van der Waals surface area contributed by atoms with Crippen LogP contribution in [-0.4, -0.2) is 29.8 Å². The van der Waals surface area contributed by atoms with Crippen LogP contribution in [0.3, 0.4) is 0 Å². The average Bonchev–Trinajstić information content (AvgIpc) is 2.54. The summed E-state index contributed by atoms with van der Waals surface area (Å²) in [6.45, 7) is 0.911. The molecule has 0 bridgehead atoms. The molecule has 2 aliphatic heterocycles. The lowest BCUT2D eigenvalue weighted by molar-refractivity contribution is -0.105. The van der Waals surface area contributed by atoms with Gasteiger partial charge in [-0.15, -0.1) is 0 Å². The van der Waals surface area contributed by atoms with E-state index < -0.39 is 0 Å². The van der Waals surface area contributed by atoms with Gasteiger partial charge < -0.3 is 10.5 Å². The van der Waals surface area contributed by atoms with E-state index in [2.05, 4.69) is 42.1 Å². The van der Waals surface area contributed by atoms with Gasteiger partial charge in [0.05, 0.1) is 5.60 Å². The van der Waals surface area contributed by atoms with E-state index in [0.29, 0.717) is 12.0 Å². The maximum atomic E-state index is 6.53. The quantitative estimate of drug-likeness (QED) is 0.922. The van der Waals surface area contributed by atoms with Crippen molar-refractivity contribution in [1.82, 2.24) is 0 Å². The molecule has 0 amide bonds. The first-order chi connectivity index (χ1) is 10.3. The molecule has 2 saturated heterocycles. The maximum Gasteiger partial charge on any atom is 0.0701 e. The van der Waals surface area contributed by atoms with Crippen LogP contribution in [0, 0.1) is 5.92 Å². The fraction of sp³-hybridized carbons (Fsp3) is 0.667. The molecule has 21 heavy (non-hydrogen) atoms. The van der Waals surface area contributed by atoms with E-state index in [1.807, 2.05) is 0 Å². The van der Waals surface area contributed by atoms with Crippen molar-refractivity contribution in [2.45, 2.75) is 50.2 Å². The average molecular weight is 305 g/mol. The molecular weight excluding hydrogens is 278 g/mol. The number of thioether (sulfide) groups is 1. The third kappa shape index (κ3) is 4.02.